The Morgan fingerprint density at radius 3 is 3.00 bits per heavy atom. The molecule has 1 aliphatic heterocycles. The van der Waals surface area contributed by atoms with Gasteiger partial charge in [-0.3, -0.25) is 0 Å². The van der Waals surface area contributed by atoms with E-state index in [9.17, 15) is 4.39 Å². The molecular formula is C13H16ClFN2O2. The number of hydrogen-bond acceptors (Lipinski definition) is 4. The van der Waals surface area contributed by atoms with E-state index in [1.54, 1.807) is 6.07 Å². The van der Waals surface area contributed by atoms with Gasteiger partial charge < -0.3 is 15.2 Å². The highest BCUT2D eigenvalue weighted by Crippen LogP contribution is 2.24. The molecule has 0 saturated heterocycles. The Hall–Kier alpha value is -1.49. The van der Waals surface area contributed by atoms with E-state index in [2.05, 4.69) is 4.99 Å². The molecule has 0 aromatic heterocycles. The van der Waals surface area contributed by atoms with Crippen LogP contribution in [0.2, 0.25) is 5.02 Å². The zero-order valence-corrected chi connectivity index (χ0v) is 11.4. The number of halogens is 2. The lowest BCUT2D eigenvalue weighted by Gasteiger charge is -2.19. The van der Waals surface area contributed by atoms with Crippen molar-refractivity contribution >= 4 is 17.6 Å². The summed E-state index contributed by atoms with van der Waals surface area (Å²) in [5, 5.41) is 0.0545. The average Bonchev–Trinajstić information content (AvgIpc) is 2.78. The van der Waals surface area contributed by atoms with Gasteiger partial charge in [-0.05, 0) is 18.6 Å². The quantitative estimate of drug-likeness (QED) is 0.905. The van der Waals surface area contributed by atoms with Gasteiger partial charge in [0.1, 0.15) is 24.3 Å². The molecule has 4 nitrogen and oxygen atoms in total. The maximum absolute atomic E-state index is 13.1. The smallest absolute Gasteiger partial charge is 0.282 e. The Bertz CT molecular complexity index is 482. The maximum atomic E-state index is 13.1. The molecule has 0 bridgehead atoms. The molecule has 0 amide bonds. The fourth-order valence-electron chi connectivity index (χ4n) is 1.90. The predicted octanol–water partition coefficient (Wildman–Crippen LogP) is 2.74. The first kappa shape index (κ1) is 13.9. The molecule has 0 radical (unpaired) electrons. The van der Waals surface area contributed by atoms with Crippen molar-refractivity contribution in [3.8, 4) is 5.75 Å². The van der Waals surface area contributed by atoms with Crippen molar-refractivity contribution in [1.29, 1.82) is 0 Å². The van der Waals surface area contributed by atoms with Gasteiger partial charge in [-0.2, -0.15) is 0 Å². The molecule has 19 heavy (non-hydrogen) atoms. The zero-order valence-electron chi connectivity index (χ0n) is 10.6. The third kappa shape index (κ3) is 3.73. The molecule has 104 valence electrons. The highest BCUT2D eigenvalue weighted by molar-refractivity contribution is 6.30. The van der Waals surface area contributed by atoms with Crippen LogP contribution in [0.25, 0.3) is 0 Å². The van der Waals surface area contributed by atoms with Crippen LogP contribution in [0.1, 0.15) is 19.8 Å². The van der Waals surface area contributed by atoms with Crippen LogP contribution < -0.4 is 10.5 Å². The van der Waals surface area contributed by atoms with Crippen molar-refractivity contribution in [3.63, 3.8) is 0 Å². The fourth-order valence-corrected chi connectivity index (χ4v) is 2.07. The Labute approximate surface area is 116 Å². The van der Waals surface area contributed by atoms with Crippen molar-refractivity contribution in [2.45, 2.75) is 31.9 Å². The van der Waals surface area contributed by atoms with Crippen LogP contribution in [0.3, 0.4) is 0 Å². The van der Waals surface area contributed by atoms with E-state index in [-0.39, 0.29) is 23.2 Å². The molecule has 1 aromatic rings. The van der Waals surface area contributed by atoms with Crippen LogP contribution in [-0.2, 0) is 4.74 Å². The predicted molar refractivity (Wildman–Crippen MR) is 72.1 cm³/mol. The van der Waals surface area contributed by atoms with Gasteiger partial charge in [0.05, 0.1) is 11.1 Å². The number of hydrogen-bond donors (Lipinski definition) is 1. The third-order valence-electron chi connectivity index (χ3n) is 2.92. The molecule has 6 heteroatoms. The number of nitrogens with two attached hydrogens (primary N) is 1. The van der Waals surface area contributed by atoms with Gasteiger partial charge in [-0.1, -0.05) is 18.5 Å². The number of rotatable bonds is 5. The second kappa shape index (κ2) is 6.10. The lowest BCUT2D eigenvalue weighted by Crippen LogP contribution is -2.22. The van der Waals surface area contributed by atoms with Crippen molar-refractivity contribution in [1.82, 2.24) is 0 Å². The molecule has 2 N–H and O–H groups in total. The fraction of sp³-hybridized carbons (Fsp3) is 0.462. The maximum Gasteiger partial charge on any atom is 0.282 e. The van der Waals surface area contributed by atoms with E-state index in [1.807, 2.05) is 6.92 Å². The van der Waals surface area contributed by atoms with E-state index in [4.69, 9.17) is 26.8 Å². The van der Waals surface area contributed by atoms with Crippen LogP contribution in [-0.4, -0.2) is 24.8 Å². The second-order valence-corrected chi connectivity index (χ2v) is 4.80. The van der Waals surface area contributed by atoms with Crippen LogP contribution in [0.5, 0.6) is 5.75 Å². The van der Waals surface area contributed by atoms with E-state index in [1.165, 1.54) is 12.1 Å². The summed E-state index contributed by atoms with van der Waals surface area (Å²) >= 11 is 5.72. The van der Waals surface area contributed by atoms with Crippen molar-refractivity contribution in [3.05, 3.63) is 29.0 Å². The summed E-state index contributed by atoms with van der Waals surface area (Å²) in [4.78, 5) is 4.16. The molecule has 0 saturated carbocycles. The minimum atomic E-state index is -0.455. The third-order valence-corrected chi connectivity index (χ3v) is 3.21. The van der Waals surface area contributed by atoms with E-state index >= 15 is 0 Å². The molecule has 0 aliphatic carbocycles. The molecule has 0 fully saturated rings. The van der Waals surface area contributed by atoms with Crippen LogP contribution >= 0.6 is 11.6 Å². The van der Waals surface area contributed by atoms with Gasteiger partial charge in [0, 0.05) is 12.5 Å². The number of ether oxygens (including phenoxy) is 2. The lowest BCUT2D eigenvalue weighted by atomic mass is 10.1. The summed E-state index contributed by atoms with van der Waals surface area (Å²) in [5.41, 5.74) is 5.46. The molecule has 2 rings (SSSR count). The van der Waals surface area contributed by atoms with E-state index in [0.717, 1.165) is 6.42 Å². The van der Waals surface area contributed by atoms with Crippen molar-refractivity contribution in [2.75, 3.05) is 6.61 Å². The van der Waals surface area contributed by atoms with Gasteiger partial charge in [-0.15, -0.1) is 0 Å². The molecule has 1 aliphatic rings. The molecule has 0 spiro atoms. The number of aliphatic imine (C=N–C) groups is 1. The topological polar surface area (TPSA) is 56.8 Å². The van der Waals surface area contributed by atoms with Crippen LogP contribution in [0.4, 0.5) is 4.39 Å². The minimum Gasteiger partial charge on any atom is -0.490 e. The largest absolute Gasteiger partial charge is 0.490 e. The van der Waals surface area contributed by atoms with Gasteiger partial charge in [0.25, 0.3) is 6.02 Å². The minimum absolute atomic E-state index is 0.0147. The zero-order chi connectivity index (χ0) is 13.8. The number of benzene rings is 1. The molecule has 0 unspecified atom stereocenters. The first-order valence-electron chi connectivity index (χ1n) is 6.16. The summed E-state index contributed by atoms with van der Waals surface area (Å²) < 4.78 is 23.9. The van der Waals surface area contributed by atoms with Crippen LogP contribution in [0, 0.1) is 5.82 Å². The Kier molecular flexibility index (Phi) is 4.47. The highest BCUT2D eigenvalue weighted by Gasteiger charge is 2.22. The first-order valence-corrected chi connectivity index (χ1v) is 6.54. The molecule has 1 heterocycles. The highest BCUT2D eigenvalue weighted by atomic mass is 35.5. The van der Waals surface area contributed by atoms with Gasteiger partial charge in [0.15, 0.2) is 0 Å². The number of amidine groups is 1. The Morgan fingerprint density at radius 2 is 2.42 bits per heavy atom. The standard InChI is InChI=1S/C13H16ClFN2O2/c1-2-9(5-8-7-18-13(16)17-8)19-10-3-4-12(15)11(14)6-10/h3-4,6,8-9H,2,5,7H2,1H3,(H2,16,17)/t8-,9-/m0/s1. The van der Waals surface area contributed by atoms with Gasteiger partial charge in [0.2, 0.25) is 0 Å². The summed E-state index contributed by atoms with van der Waals surface area (Å²) in [6.45, 7) is 2.49. The van der Waals surface area contributed by atoms with E-state index in [0.29, 0.717) is 18.8 Å². The molecule has 2 atom stereocenters. The SMILES string of the molecule is CC[C@@H](C[C@H]1COC(N)=N1)Oc1ccc(F)c(Cl)c1. The molecule has 1 aromatic carbocycles. The Balaban J connectivity index is 1.96. The molecular weight excluding hydrogens is 271 g/mol. The summed E-state index contributed by atoms with van der Waals surface area (Å²) in [5.74, 6) is 0.0951. The van der Waals surface area contributed by atoms with Gasteiger partial charge in [-0.25, -0.2) is 9.38 Å². The summed E-state index contributed by atoms with van der Waals surface area (Å²) in [6, 6.07) is 4.57. The normalized spacial score (nSPS) is 19.7. The average molecular weight is 287 g/mol. The Morgan fingerprint density at radius 1 is 1.63 bits per heavy atom. The first-order chi connectivity index (χ1) is 9.08. The second-order valence-electron chi connectivity index (χ2n) is 4.39. The summed E-state index contributed by atoms with van der Waals surface area (Å²) in [7, 11) is 0. The van der Waals surface area contributed by atoms with E-state index < -0.39 is 5.82 Å². The van der Waals surface area contributed by atoms with Gasteiger partial charge >= 0.3 is 0 Å². The summed E-state index contributed by atoms with van der Waals surface area (Å²) in [6.07, 6.45) is 1.47. The monoisotopic (exact) mass is 286 g/mol. The number of nitrogens with zero attached hydrogens (tertiary/aromatic N) is 1. The van der Waals surface area contributed by atoms with Crippen molar-refractivity contribution in [2.24, 2.45) is 10.7 Å². The van der Waals surface area contributed by atoms with Crippen molar-refractivity contribution < 1.29 is 13.9 Å². The lowest BCUT2D eigenvalue weighted by molar-refractivity contribution is 0.168. The van der Waals surface area contributed by atoms with Crippen LogP contribution in [0.15, 0.2) is 23.2 Å².